The lowest BCUT2D eigenvalue weighted by Gasteiger charge is -1.89. The lowest BCUT2D eigenvalue weighted by Crippen LogP contribution is -1.92. The van der Waals surface area contributed by atoms with Gasteiger partial charge in [0.2, 0.25) is 4.96 Å². The molecule has 0 atom stereocenters. The molecular formula is C10H7BrN4S2. The molecule has 0 spiro atoms. The van der Waals surface area contributed by atoms with Gasteiger partial charge < -0.3 is 0 Å². The van der Waals surface area contributed by atoms with Crippen LogP contribution in [-0.4, -0.2) is 19.8 Å². The fraction of sp³-hybridized carbons (Fsp3) is 0.300. The van der Waals surface area contributed by atoms with Gasteiger partial charge in [-0.15, -0.1) is 21.5 Å². The third-order valence-electron chi connectivity index (χ3n) is 2.74. The van der Waals surface area contributed by atoms with Crippen LogP contribution < -0.4 is 0 Å². The topological polar surface area (TPSA) is 43.1 Å². The van der Waals surface area contributed by atoms with Crippen LogP contribution in [0.1, 0.15) is 24.6 Å². The first-order chi connectivity index (χ1) is 8.31. The van der Waals surface area contributed by atoms with E-state index >= 15 is 0 Å². The highest BCUT2D eigenvalue weighted by atomic mass is 79.9. The number of hydrogen-bond acceptors (Lipinski definition) is 5. The molecule has 4 nitrogen and oxygen atoms in total. The van der Waals surface area contributed by atoms with Gasteiger partial charge in [-0.2, -0.15) is 9.61 Å². The molecule has 0 saturated heterocycles. The zero-order chi connectivity index (χ0) is 11.4. The van der Waals surface area contributed by atoms with Crippen molar-refractivity contribution in [1.29, 1.82) is 0 Å². The minimum atomic E-state index is 0.579. The molecule has 0 amide bonds. The second kappa shape index (κ2) is 3.60. The highest BCUT2D eigenvalue weighted by molar-refractivity contribution is 9.11. The van der Waals surface area contributed by atoms with E-state index in [-0.39, 0.29) is 0 Å². The molecule has 0 unspecified atom stereocenters. The lowest BCUT2D eigenvalue weighted by molar-refractivity contribution is 0.829. The van der Waals surface area contributed by atoms with Crippen molar-refractivity contribution >= 4 is 43.6 Å². The molecule has 0 bridgehead atoms. The van der Waals surface area contributed by atoms with E-state index in [0.29, 0.717) is 5.92 Å². The van der Waals surface area contributed by atoms with Crippen LogP contribution >= 0.6 is 38.6 Å². The molecule has 7 heteroatoms. The van der Waals surface area contributed by atoms with Gasteiger partial charge in [-0.1, -0.05) is 11.3 Å². The van der Waals surface area contributed by atoms with E-state index < -0.39 is 0 Å². The number of hydrogen-bond donors (Lipinski definition) is 0. The minimum Gasteiger partial charge on any atom is -0.187 e. The number of fused-ring (bicyclic) bond motifs is 1. The highest BCUT2D eigenvalue weighted by Gasteiger charge is 2.30. The zero-order valence-electron chi connectivity index (χ0n) is 8.63. The van der Waals surface area contributed by atoms with Crippen LogP contribution in [-0.2, 0) is 0 Å². The first kappa shape index (κ1) is 10.2. The first-order valence-electron chi connectivity index (χ1n) is 5.29. The normalized spacial score (nSPS) is 15.8. The van der Waals surface area contributed by atoms with E-state index in [9.17, 15) is 0 Å². The molecule has 3 aromatic heterocycles. The van der Waals surface area contributed by atoms with Crippen LogP contribution in [0.15, 0.2) is 15.9 Å². The summed E-state index contributed by atoms with van der Waals surface area (Å²) in [7, 11) is 0. The van der Waals surface area contributed by atoms with Crippen molar-refractivity contribution in [3.05, 3.63) is 21.7 Å². The second-order valence-corrected chi connectivity index (χ2v) is 7.46. The Kier molecular flexibility index (Phi) is 2.15. The molecule has 0 aromatic carbocycles. The number of thiophene rings is 1. The number of nitrogens with zero attached hydrogens (tertiary/aromatic N) is 4. The molecule has 0 radical (unpaired) electrons. The summed E-state index contributed by atoms with van der Waals surface area (Å²) >= 11 is 6.76. The van der Waals surface area contributed by atoms with Crippen LogP contribution in [0.25, 0.3) is 14.8 Å². The van der Waals surface area contributed by atoms with Crippen molar-refractivity contribution in [2.24, 2.45) is 0 Å². The molecule has 4 rings (SSSR count). The Morgan fingerprint density at radius 1 is 1.24 bits per heavy atom. The van der Waals surface area contributed by atoms with Gasteiger partial charge in [-0.25, -0.2) is 0 Å². The summed E-state index contributed by atoms with van der Waals surface area (Å²) in [4.78, 5) is 2.07. The van der Waals surface area contributed by atoms with Crippen molar-refractivity contribution in [1.82, 2.24) is 19.8 Å². The molecule has 0 N–H and O–H groups in total. The maximum atomic E-state index is 4.62. The predicted octanol–water partition coefficient (Wildman–Crippen LogP) is 3.55. The fourth-order valence-electron chi connectivity index (χ4n) is 1.76. The predicted molar refractivity (Wildman–Crippen MR) is 71.6 cm³/mol. The fourth-order valence-corrected chi connectivity index (χ4v) is 4.04. The summed E-state index contributed by atoms with van der Waals surface area (Å²) in [5.41, 5.74) is 0. The summed E-state index contributed by atoms with van der Waals surface area (Å²) in [6.45, 7) is 0. The van der Waals surface area contributed by atoms with E-state index in [2.05, 4.69) is 37.3 Å². The Labute approximate surface area is 113 Å². The molecule has 1 saturated carbocycles. The molecule has 1 fully saturated rings. The Morgan fingerprint density at radius 3 is 2.82 bits per heavy atom. The molecule has 1 aliphatic carbocycles. The molecule has 0 aliphatic heterocycles. The van der Waals surface area contributed by atoms with Crippen molar-refractivity contribution in [3.63, 3.8) is 0 Å². The number of aromatic nitrogens is 4. The van der Waals surface area contributed by atoms with Gasteiger partial charge in [-0.3, -0.25) is 0 Å². The summed E-state index contributed by atoms with van der Waals surface area (Å²) in [6, 6.07) is 4.13. The van der Waals surface area contributed by atoms with Crippen LogP contribution in [0.5, 0.6) is 0 Å². The van der Waals surface area contributed by atoms with E-state index in [1.807, 2.05) is 10.6 Å². The van der Waals surface area contributed by atoms with Crippen molar-refractivity contribution in [2.75, 3.05) is 0 Å². The number of halogens is 1. The van der Waals surface area contributed by atoms with Gasteiger partial charge >= 0.3 is 0 Å². The van der Waals surface area contributed by atoms with Gasteiger partial charge in [-0.05, 0) is 40.9 Å². The van der Waals surface area contributed by atoms with Gasteiger partial charge in [0.1, 0.15) is 0 Å². The molecule has 86 valence electrons. The second-order valence-electron chi connectivity index (χ2n) is 4.04. The quantitative estimate of drug-likeness (QED) is 0.723. The van der Waals surface area contributed by atoms with Crippen LogP contribution in [0.4, 0.5) is 0 Å². The van der Waals surface area contributed by atoms with Crippen molar-refractivity contribution in [2.45, 2.75) is 18.8 Å². The first-order valence-corrected chi connectivity index (χ1v) is 7.72. The average Bonchev–Trinajstić information content (AvgIpc) is 2.73. The Bertz CT molecular complexity index is 694. The standard InChI is InChI=1S/C10H7BrN4S2/c11-7-4-3-6(16-7)9-14-15-8(5-1-2-5)12-13-10(15)17-9/h3-5H,1-2H2. The maximum Gasteiger partial charge on any atom is 0.235 e. The van der Waals surface area contributed by atoms with E-state index in [1.165, 1.54) is 17.7 Å². The Hall–Kier alpha value is -0.790. The average molecular weight is 327 g/mol. The van der Waals surface area contributed by atoms with E-state index in [0.717, 1.165) is 19.6 Å². The van der Waals surface area contributed by atoms with Crippen molar-refractivity contribution in [3.8, 4) is 9.88 Å². The highest BCUT2D eigenvalue weighted by Crippen LogP contribution is 2.40. The van der Waals surface area contributed by atoms with Crippen LogP contribution in [0.2, 0.25) is 0 Å². The van der Waals surface area contributed by atoms with Gasteiger partial charge in [0.05, 0.1) is 8.66 Å². The molecule has 17 heavy (non-hydrogen) atoms. The summed E-state index contributed by atoms with van der Waals surface area (Å²) in [5.74, 6) is 1.60. The lowest BCUT2D eigenvalue weighted by atomic mass is 10.4. The monoisotopic (exact) mass is 326 g/mol. The minimum absolute atomic E-state index is 0.579. The van der Waals surface area contributed by atoms with Crippen LogP contribution in [0.3, 0.4) is 0 Å². The van der Waals surface area contributed by atoms with Crippen LogP contribution in [0, 0.1) is 0 Å². The zero-order valence-corrected chi connectivity index (χ0v) is 11.8. The molecule has 3 heterocycles. The van der Waals surface area contributed by atoms with Gasteiger partial charge in [0.25, 0.3) is 0 Å². The molecular weight excluding hydrogens is 320 g/mol. The summed E-state index contributed by atoms with van der Waals surface area (Å²) < 4.78 is 3.03. The third kappa shape index (κ3) is 1.64. The number of rotatable bonds is 2. The molecule has 1 aliphatic rings. The van der Waals surface area contributed by atoms with Gasteiger partial charge in [0.15, 0.2) is 10.8 Å². The summed E-state index contributed by atoms with van der Waals surface area (Å²) in [6.07, 6.45) is 2.44. The molecule has 3 aromatic rings. The third-order valence-corrected chi connectivity index (χ3v) is 5.43. The summed E-state index contributed by atoms with van der Waals surface area (Å²) in [5, 5.41) is 14.0. The SMILES string of the molecule is Brc1ccc(-c2nn3c(C4CC4)nnc3s2)s1. The Balaban J connectivity index is 1.86. The Morgan fingerprint density at radius 2 is 2.12 bits per heavy atom. The van der Waals surface area contributed by atoms with E-state index in [4.69, 9.17) is 0 Å². The maximum absolute atomic E-state index is 4.62. The smallest absolute Gasteiger partial charge is 0.187 e. The van der Waals surface area contributed by atoms with Gasteiger partial charge in [0, 0.05) is 5.92 Å². The van der Waals surface area contributed by atoms with Crippen molar-refractivity contribution < 1.29 is 0 Å². The largest absolute Gasteiger partial charge is 0.235 e. The van der Waals surface area contributed by atoms with E-state index in [1.54, 1.807) is 22.7 Å².